The quantitative estimate of drug-likeness (QED) is 0.805. The van der Waals surface area contributed by atoms with Gasteiger partial charge >= 0.3 is 0 Å². The summed E-state index contributed by atoms with van der Waals surface area (Å²) in [5.41, 5.74) is 10.1. The zero-order chi connectivity index (χ0) is 15.8. The van der Waals surface area contributed by atoms with Crippen LogP contribution in [-0.4, -0.2) is 20.6 Å². The standard InChI is InChI=1S/C17H16N4O2/c18-16(22)17-19-15(14-6-1-2-8-21(14)17)12-5-3-4-11(10-12)13-7-9-23-20-13/h3-5,7,9-10H,1-2,6,8H2,(H2,18,22). The van der Waals surface area contributed by atoms with Crippen molar-refractivity contribution in [3.8, 4) is 22.5 Å². The number of carbonyl (C=O) groups excluding carboxylic acids is 1. The number of hydrogen-bond acceptors (Lipinski definition) is 4. The van der Waals surface area contributed by atoms with Crippen LogP contribution in [-0.2, 0) is 13.0 Å². The highest BCUT2D eigenvalue weighted by Crippen LogP contribution is 2.31. The minimum absolute atomic E-state index is 0.349. The Morgan fingerprint density at radius 3 is 2.87 bits per heavy atom. The summed E-state index contributed by atoms with van der Waals surface area (Å²) in [5, 5.41) is 3.97. The molecule has 1 aromatic carbocycles. The Kier molecular flexibility index (Phi) is 3.22. The van der Waals surface area contributed by atoms with E-state index in [1.54, 1.807) is 6.26 Å². The first-order valence-electron chi connectivity index (χ1n) is 7.64. The van der Waals surface area contributed by atoms with Crippen LogP contribution >= 0.6 is 0 Å². The van der Waals surface area contributed by atoms with Gasteiger partial charge in [-0.1, -0.05) is 23.4 Å². The number of nitrogens with two attached hydrogens (primary N) is 1. The maximum Gasteiger partial charge on any atom is 0.284 e. The number of rotatable bonds is 3. The van der Waals surface area contributed by atoms with Crippen LogP contribution in [0.2, 0.25) is 0 Å². The van der Waals surface area contributed by atoms with E-state index in [-0.39, 0.29) is 0 Å². The molecule has 1 amide bonds. The smallest absolute Gasteiger partial charge is 0.284 e. The number of amides is 1. The number of carbonyl (C=O) groups is 1. The van der Waals surface area contributed by atoms with Crippen LogP contribution in [0.3, 0.4) is 0 Å². The number of fused-ring (bicyclic) bond motifs is 1. The van der Waals surface area contributed by atoms with Gasteiger partial charge in [-0.2, -0.15) is 0 Å². The number of primary amides is 1. The molecule has 2 aromatic heterocycles. The first kappa shape index (κ1) is 13.8. The van der Waals surface area contributed by atoms with Crippen LogP contribution in [0.15, 0.2) is 41.1 Å². The summed E-state index contributed by atoms with van der Waals surface area (Å²) in [6.45, 7) is 0.795. The Morgan fingerprint density at radius 1 is 1.22 bits per heavy atom. The molecule has 0 spiro atoms. The van der Waals surface area contributed by atoms with E-state index in [4.69, 9.17) is 10.3 Å². The molecule has 0 unspecified atom stereocenters. The SMILES string of the molecule is NC(=O)c1nc(-c2cccc(-c3ccon3)c2)c2n1CCCC2. The van der Waals surface area contributed by atoms with Gasteiger partial charge in [0.1, 0.15) is 12.0 Å². The van der Waals surface area contributed by atoms with Crippen molar-refractivity contribution < 1.29 is 9.32 Å². The highest BCUT2D eigenvalue weighted by molar-refractivity contribution is 5.90. The molecule has 0 saturated heterocycles. The van der Waals surface area contributed by atoms with Crippen molar-refractivity contribution in [2.45, 2.75) is 25.8 Å². The molecule has 6 heteroatoms. The largest absolute Gasteiger partial charge is 0.364 e. The second kappa shape index (κ2) is 5.39. The molecule has 0 saturated carbocycles. The summed E-state index contributed by atoms with van der Waals surface area (Å²) in [6.07, 6.45) is 4.59. The number of imidazole rings is 1. The third-order valence-electron chi connectivity index (χ3n) is 4.21. The minimum Gasteiger partial charge on any atom is -0.364 e. The summed E-state index contributed by atoms with van der Waals surface area (Å²) in [6, 6.07) is 9.75. The molecule has 23 heavy (non-hydrogen) atoms. The van der Waals surface area contributed by atoms with Crippen LogP contribution in [0.25, 0.3) is 22.5 Å². The van der Waals surface area contributed by atoms with Gasteiger partial charge in [0.15, 0.2) is 5.82 Å². The first-order valence-corrected chi connectivity index (χ1v) is 7.64. The van der Waals surface area contributed by atoms with E-state index in [2.05, 4.69) is 10.1 Å². The molecule has 1 aliphatic rings. The van der Waals surface area contributed by atoms with Crippen molar-refractivity contribution >= 4 is 5.91 Å². The van der Waals surface area contributed by atoms with E-state index in [1.807, 2.05) is 34.9 Å². The van der Waals surface area contributed by atoms with Gasteiger partial charge in [-0.25, -0.2) is 4.98 Å². The monoisotopic (exact) mass is 308 g/mol. The molecule has 3 heterocycles. The van der Waals surface area contributed by atoms with Crippen molar-refractivity contribution in [3.05, 3.63) is 48.1 Å². The third kappa shape index (κ3) is 2.32. The normalized spacial score (nSPS) is 13.7. The zero-order valence-corrected chi connectivity index (χ0v) is 12.5. The third-order valence-corrected chi connectivity index (χ3v) is 4.21. The lowest BCUT2D eigenvalue weighted by molar-refractivity contribution is 0.0985. The van der Waals surface area contributed by atoms with Gasteiger partial charge in [-0.05, 0) is 25.3 Å². The molecule has 1 aliphatic heterocycles. The van der Waals surface area contributed by atoms with Crippen LogP contribution in [0.4, 0.5) is 0 Å². The minimum atomic E-state index is -0.480. The molecule has 2 N–H and O–H groups in total. The number of hydrogen-bond donors (Lipinski definition) is 1. The van der Waals surface area contributed by atoms with E-state index in [0.717, 1.165) is 54.0 Å². The van der Waals surface area contributed by atoms with E-state index in [1.165, 1.54) is 0 Å². The molecule has 0 atom stereocenters. The maximum atomic E-state index is 11.7. The predicted octanol–water partition coefficient (Wildman–Crippen LogP) is 2.64. The lowest BCUT2D eigenvalue weighted by Gasteiger charge is -2.16. The second-order valence-corrected chi connectivity index (χ2v) is 5.67. The predicted molar refractivity (Wildman–Crippen MR) is 84.6 cm³/mol. The van der Waals surface area contributed by atoms with Crippen molar-refractivity contribution in [2.24, 2.45) is 5.73 Å². The Labute approximate surface area is 132 Å². The maximum absolute atomic E-state index is 11.7. The van der Waals surface area contributed by atoms with Gasteiger partial charge in [-0.15, -0.1) is 0 Å². The Balaban J connectivity index is 1.85. The molecule has 0 fully saturated rings. The van der Waals surface area contributed by atoms with Crippen LogP contribution in [0.1, 0.15) is 29.2 Å². The van der Waals surface area contributed by atoms with E-state index in [9.17, 15) is 4.79 Å². The summed E-state index contributed by atoms with van der Waals surface area (Å²) in [4.78, 5) is 16.2. The summed E-state index contributed by atoms with van der Waals surface area (Å²) in [5.74, 6) is -0.131. The highest BCUT2D eigenvalue weighted by Gasteiger charge is 2.23. The van der Waals surface area contributed by atoms with Crippen LogP contribution in [0.5, 0.6) is 0 Å². The van der Waals surface area contributed by atoms with Gasteiger partial charge in [0.2, 0.25) is 0 Å². The Morgan fingerprint density at radius 2 is 2.09 bits per heavy atom. The molecule has 3 aromatic rings. The summed E-state index contributed by atoms with van der Waals surface area (Å²) >= 11 is 0. The van der Waals surface area contributed by atoms with Gasteiger partial charge < -0.3 is 14.8 Å². The topological polar surface area (TPSA) is 86.9 Å². The van der Waals surface area contributed by atoms with E-state index >= 15 is 0 Å². The van der Waals surface area contributed by atoms with E-state index in [0.29, 0.717) is 5.82 Å². The molecule has 6 nitrogen and oxygen atoms in total. The van der Waals surface area contributed by atoms with E-state index < -0.39 is 5.91 Å². The van der Waals surface area contributed by atoms with Gasteiger partial charge in [0, 0.05) is 29.4 Å². The molecule has 116 valence electrons. The molecule has 4 rings (SSSR count). The lowest BCUT2D eigenvalue weighted by atomic mass is 10.0. The summed E-state index contributed by atoms with van der Waals surface area (Å²) in [7, 11) is 0. The zero-order valence-electron chi connectivity index (χ0n) is 12.5. The Bertz CT molecular complexity index is 865. The highest BCUT2D eigenvalue weighted by atomic mass is 16.5. The molecule has 0 aliphatic carbocycles. The van der Waals surface area contributed by atoms with Crippen LogP contribution < -0.4 is 5.73 Å². The first-order chi connectivity index (χ1) is 11.2. The van der Waals surface area contributed by atoms with Crippen molar-refractivity contribution in [3.63, 3.8) is 0 Å². The average Bonchev–Trinajstić information content (AvgIpc) is 3.23. The molecular formula is C17H16N4O2. The van der Waals surface area contributed by atoms with Crippen molar-refractivity contribution in [1.82, 2.24) is 14.7 Å². The summed E-state index contributed by atoms with van der Waals surface area (Å²) < 4.78 is 6.87. The second-order valence-electron chi connectivity index (χ2n) is 5.67. The van der Waals surface area contributed by atoms with Gasteiger partial charge in [0.25, 0.3) is 5.91 Å². The molecule has 0 bridgehead atoms. The fraction of sp³-hybridized carbons (Fsp3) is 0.235. The van der Waals surface area contributed by atoms with Crippen molar-refractivity contribution in [1.29, 1.82) is 0 Å². The molecule has 0 radical (unpaired) electrons. The Hall–Kier alpha value is -2.89. The number of aromatic nitrogens is 3. The fourth-order valence-electron chi connectivity index (χ4n) is 3.15. The molecular weight excluding hydrogens is 292 g/mol. The average molecular weight is 308 g/mol. The van der Waals surface area contributed by atoms with Gasteiger partial charge in [-0.3, -0.25) is 4.79 Å². The van der Waals surface area contributed by atoms with Gasteiger partial charge in [0.05, 0.1) is 5.69 Å². The van der Waals surface area contributed by atoms with Crippen LogP contribution in [0, 0.1) is 0 Å². The van der Waals surface area contributed by atoms with Crippen molar-refractivity contribution in [2.75, 3.05) is 0 Å². The number of benzene rings is 1. The lowest BCUT2D eigenvalue weighted by Crippen LogP contribution is -2.21. The number of nitrogens with zero attached hydrogens (tertiary/aromatic N) is 3. The fourth-order valence-corrected chi connectivity index (χ4v) is 3.15.